The van der Waals surface area contributed by atoms with Gasteiger partial charge in [-0.15, -0.1) is 0 Å². The second-order valence-corrected chi connectivity index (χ2v) is 3.41. The predicted molar refractivity (Wildman–Crippen MR) is 65.5 cm³/mol. The fourth-order valence-corrected chi connectivity index (χ4v) is 1.55. The van der Waals surface area contributed by atoms with Gasteiger partial charge in [-0.1, -0.05) is 0 Å². The summed E-state index contributed by atoms with van der Waals surface area (Å²) in [6.07, 6.45) is 0.514. The maximum atomic E-state index is 8.58. The Hall–Kier alpha value is -1.89. The van der Waals surface area contributed by atoms with Gasteiger partial charge in [0.25, 0.3) is 0 Å². The van der Waals surface area contributed by atoms with Crippen molar-refractivity contribution in [2.75, 3.05) is 30.8 Å². The number of hydrogen-bond donors (Lipinski definition) is 1. The number of ether oxygens (including phenoxy) is 1. The minimum Gasteiger partial charge on any atom is -0.495 e. The lowest BCUT2D eigenvalue weighted by Crippen LogP contribution is -2.23. The number of benzene rings is 1. The summed E-state index contributed by atoms with van der Waals surface area (Å²) in [5.41, 5.74) is 7.40. The number of hydrogen-bond acceptors (Lipinski definition) is 4. The van der Waals surface area contributed by atoms with E-state index in [0.717, 1.165) is 18.8 Å². The lowest BCUT2D eigenvalue weighted by atomic mass is 10.2. The smallest absolute Gasteiger partial charge is 0.143 e. The molecule has 0 fully saturated rings. The van der Waals surface area contributed by atoms with Crippen LogP contribution in [-0.4, -0.2) is 20.2 Å². The molecular weight excluding hydrogens is 202 g/mol. The second kappa shape index (κ2) is 5.86. The van der Waals surface area contributed by atoms with E-state index in [9.17, 15) is 0 Å². The monoisotopic (exact) mass is 219 g/mol. The van der Waals surface area contributed by atoms with Gasteiger partial charge in [0.2, 0.25) is 0 Å². The average molecular weight is 219 g/mol. The van der Waals surface area contributed by atoms with Crippen LogP contribution in [0.1, 0.15) is 13.3 Å². The summed E-state index contributed by atoms with van der Waals surface area (Å²) in [5, 5.41) is 8.58. The van der Waals surface area contributed by atoms with Crippen molar-refractivity contribution in [1.29, 1.82) is 5.26 Å². The van der Waals surface area contributed by atoms with E-state index in [1.165, 1.54) is 0 Å². The van der Waals surface area contributed by atoms with Gasteiger partial charge in [-0.2, -0.15) is 5.26 Å². The van der Waals surface area contributed by atoms with Crippen LogP contribution >= 0.6 is 0 Å². The van der Waals surface area contributed by atoms with Gasteiger partial charge >= 0.3 is 0 Å². The first-order valence-corrected chi connectivity index (χ1v) is 5.28. The largest absolute Gasteiger partial charge is 0.495 e. The molecule has 0 spiro atoms. The topological polar surface area (TPSA) is 62.3 Å². The van der Waals surface area contributed by atoms with Crippen LogP contribution in [0.15, 0.2) is 18.2 Å². The van der Waals surface area contributed by atoms with Crippen molar-refractivity contribution in [2.24, 2.45) is 0 Å². The predicted octanol–water partition coefficient (Wildman–Crippen LogP) is 2.02. The zero-order chi connectivity index (χ0) is 12.0. The number of rotatable bonds is 5. The first kappa shape index (κ1) is 12.2. The van der Waals surface area contributed by atoms with Gasteiger partial charge in [-0.25, -0.2) is 0 Å². The molecule has 0 unspecified atom stereocenters. The van der Waals surface area contributed by atoms with Crippen LogP contribution in [0.3, 0.4) is 0 Å². The molecule has 1 rings (SSSR count). The fourth-order valence-electron chi connectivity index (χ4n) is 1.55. The van der Waals surface area contributed by atoms with Crippen LogP contribution in [0.4, 0.5) is 11.4 Å². The number of nitrogens with zero attached hydrogens (tertiary/aromatic N) is 2. The maximum absolute atomic E-state index is 8.58. The molecule has 1 aromatic rings. The Morgan fingerprint density at radius 3 is 2.81 bits per heavy atom. The maximum Gasteiger partial charge on any atom is 0.143 e. The van der Waals surface area contributed by atoms with E-state index < -0.39 is 0 Å². The summed E-state index contributed by atoms with van der Waals surface area (Å²) in [5.74, 6) is 0.674. The molecule has 4 nitrogen and oxygen atoms in total. The molecule has 0 amide bonds. The average Bonchev–Trinajstić information content (AvgIpc) is 2.32. The molecule has 0 atom stereocenters. The van der Waals surface area contributed by atoms with E-state index in [-0.39, 0.29) is 0 Å². The van der Waals surface area contributed by atoms with E-state index in [1.807, 2.05) is 18.2 Å². The summed E-state index contributed by atoms with van der Waals surface area (Å²) in [6.45, 7) is 3.63. The molecule has 4 heteroatoms. The van der Waals surface area contributed by atoms with Gasteiger partial charge in [0.1, 0.15) is 5.75 Å². The molecule has 0 saturated carbocycles. The highest BCUT2D eigenvalue weighted by Crippen LogP contribution is 2.27. The quantitative estimate of drug-likeness (QED) is 0.769. The molecule has 0 aliphatic carbocycles. The minimum absolute atomic E-state index is 0.514. The summed E-state index contributed by atoms with van der Waals surface area (Å²) in [6, 6.07) is 7.81. The standard InChI is InChI=1S/C12H17N3O/c1-3-15(8-4-7-13)10-5-6-11(14)12(9-10)16-2/h5-6,9H,3-4,8,14H2,1-2H3. The van der Waals surface area contributed by atoms with Gasteiger partial charge in [0.05, 0.1) is 25.3 Å². The number of nitrogens with two attached hydrogens (primary N) is 1. The van der Waals surface area contributed by atoms with Gasteiger partial charge < -0.3 is 15.4 Å². The first-order chi connectivity index (χ1) is 7.72. The first-order valence-electron chi connectivity index (χ1n) is 5.28. The number of methoxy groups -OCH3 is 1. The third-order valence-corrected chi connectivity index (χ3v) is 2.46. The molecule has 0 aromatic heterocycles. The third kappa shape index (κ3) is 2.80. The van der Waals surface area contributed by atoms with Crippen molar-refractivity contribution in [3.63, 3.8) is 0 Å². The van der Waals surface area contributed by atoms with E-state index in [1.54, 1.807) is 7.11 Å². The SMILES string of the molecule is CCN(CCC#N)c1ccc(N)c(OC)c1. The lowest BCUT2D eigenvalue weighted by Gasteiger charge is -2.22. The molecule has 0 aliphatic heterocycles. The van der Waals surface area contributed by atoms with Crippen LogP contribution in [0.2, 0.25) is 0 Å². The number of nitriles is 1. The molecule has 0 heterocycles. The van der Waals surface area contributed by atoms with Gasteiger partial charge in [0, 0.05) is 24.8 Å². The molecule has 0 radical (unpaired) electrons. The lowest BCUT2D eigenvalue weighted by molar-refractivity contribution is 0.417. The summed E-state index contributed by atoms with van der Waals surface area (Å²) in [7, 11) is 1.60. The highest BCUT2D eigenvalue weighted by molar-refractivity contribution is 5.62. The molecule has 0 bridgehead atoms. The number of nitrogen functional groups attached to an aromatic ring is 1. The Labute approximate surface area is 96.2 Å². The zero-order valence-electron chi connectivity index (χ0n) is 9.73. The Morgan fingerprint density at radius 2 is 2.25 bits per heavy atom. The second-order valence-electron chi connectivity index (χ2n) is 3.41. The van der Waals surface area contributed by atoms with Crippen LogP contribution in [0, 0.1) is 11.3 Å². The Kier molecular flexibility index (Phi) is 4.46. The highest BCUT2D eigenvalue weighted by Gasteiger charge is 2.07. The van der Waals surface area contributed by atoms with Gasteiger partial charge in [-0.3, -0.25) is 0 Å². The van der Waals surface area contributed by atoms with Crippen molar-refractivity contribution >= 4 is 11.4 Å². The van der Waals surface area contributed by atoms with Crippen molar-refractivity contribution in [3.05, 3.63) is 18.2 Å². The highest BCUT2D eigenvalue weighted by atomic mass is 16.5. The van der Waals surface area contributed by atoms with Crippen molar-refractivity contribution in [1.82, 2.24) is 0 Å². The Bertz CT molecular complexity index is 384. The van der Waals surface area contributed by atoms with Crippen LogP contribution in [-0.2, 0) is 0 Å². The van der Waals surface area contributed by atoms with E-state index >= 15 is 0 Å². The van der Waals surface area contributed by atoms with E-state index in [4.69, 9.17) is 15.7 Å². The third-order valence-electron chi connectivity index (χ3n) is 2.46. The van der Waals surface area contributed by atoms with E-state index in [2.05, 4.69) is 17.9 Å². The molecular formula is C12H17N3O. The van der Waals surface area contributed by atoms with Crippen molar-refractivity contribution in [2.45, 2.75) is 13.3 Å². The molecule has 86 valence electrons. The van der Waals surface area contributed by atoms with Crippen molar-refractivity contribution < 1.29 is 4.74 Å². The molecule has 16 heavy (non-hydrogen) atoms. The van der Waals surface area contributed by atoms with Gasteiger partial charge in [-0.05, 0) is 19.1 Å². The molecule has 1 aromatic carbocycles. The Morgan fingerprint density at radius 1 is 1.50 bits per heavy atom. The summed E-state index contributed by atoms with van der Waals surface area (Å²) >= 11 is 0. The van der Waals surface area contributed by atoms with E-state index in [0.29, 0.717) is 17.9 Å². The van der Waals surface area contributed by atoms with Gasteiger partial charge in [0.15, 0.2) is 0 Å². The Balaban J connectivity index is 2.88. The number of anilines is 2. The van der Waals surface area contributed by atoms with Crippen molar-refractivity contribution in [3.8, 4) is 11.8 Å². The van der Waals surface area contributed by atoms with Crippen LogP contribution in [0.5, 0.6) is 5.75 Å². The molecule has 2 N–H and O–H groups in total. The summed E-state index contributed by atoms with van der Waals surface area (Å²) < 4.78 is 5.17. The normalized spacial score (nSPS) is 9.56. The van der Waals surface area contributed by atoms with Crippen LogP contribution in [0.25, 0.3) is 0 Å². The molecule has 0 aliphatic rings. The zero-order valence-corrected chi connectivity index (χ0v) is 9.73. The summed E-state index contributed by atoms with van der Waals surface area (Å²) in [4.78, 5) is 2.12. The fraction of sp³-hybridized carbons (Fsp3) is 0.417. The minimum atomic E-state index is 0.514. The molecule has 0 saturated heterocycles. The van der Waals surface area contributed by atoms with Crippen LogP contribution < -0.4 is 15.4 Å².